The second kappa shape index (κ2) is 11.3. The van der Waals surface area contributed by atoms with Crippen LogP contribution in [0.1, 0.15) is 19.4 Å². The summed E-state index contributed by atoms with van der Waals surface area (Å²) in [6.07, 6.45) is 0.691. The van der Waals surface area contributed by atoms with Gasteiger partial charge in [0.05, 0.1) is 43.3 Å². The minimum absolute atomic E-state index is 0.232. The van der Waals surface area contributed by atoms with Crippen molar-refractivity contribution >= 4 is 34.1 Å². The summed E-state index contributed by atoms with van der Waals surface area (Å²) >= 11 is 0. The molecule has 10 nitrogen and oxygen atoms in total. The molecule has 0 fully saturated rings. The molecule has 40 heavy (non-hydrogen) atoms. The summed E-state index contributed by atoms with van der Waals surface area (Å²) < 4.78 is 28.9. The molecule has 0 spiro atoms. The lowest BCUT2D eigenvalue weighted by molar-refractivity contribution is -0.147. The van der Waals surface area contributed by atoms with Gasteiger partial charge in [0.1, 0.15) is 11.3 Å². The van der Waals surface area contributed by atoms with Gasteiger partial charge in [-0.3, -0.25) is 4.79 Å². The SMILES string of the molecule is CCOc1cc(C=Nn2c(-c3cc4c(OC)cccc4o3)nc3ccccc3c2=O)ccc1O[C@@H](C)C(=O)OC. The van der Waals surface area contributed by atoms with E-state index in [1.54, 1.807) is 56.5 Å². The van der Waals surface area contributed by atoms with Crippen molar-refractivity contribution in [2.45, 2.75) is 20.0 Å². The first kappa shape index (κ1) is 26.5. The second-order valence-electron chi connectivity index (χ2n) is 8.72. The van der Waals surface area contributed by atoms with Gasteiger partial charge < -0.3 is 23.4 Å². The van der Waals surface area contributed by atoms with Crippen LogP contribution in [0.3, 0.4) is 0 Å². The fourth-order valence-electron chi connectivity index (χ4n) is 4.21. The summed E-state index contributed by atoms with van der Waals surface area (Å²) in [5.74, 6) is 1.50. The topological polar surface area (TPSA) is 114 Å². The van der Waals surface area contributed by atoms with Gasteiger partial charge in [-0.1, -0.05) is 18.2 Å². The Hall–Kier alpha value is -5.12. The Kier molecular flexibility index (Phi) is 7.50. The van der Waals surface area contributed by atoms with E-state index in [0.717, 1.165) is 5.39 Å². The number of furan rings is 1. The Morgan fingerprint density at radius 3 is 2.62 bits per heavy atom. The van der Waals surface area contributed by atoms with Gasteiger partial charge in [0.15, 0.2) is 23.4 Å². The number of esters is 1. The van der Waals surface area contributed by atoms with Crippen LogP contribution in [0.5, 0.6) is 17.2 Å². The normalized spacial score (nSPS) is 12.1. The van der Waals surface area contributed by atoms with Crippen molar-refractivity contribution < 1.29 is 28.2 Å². The molecule has 0 amide bonds. The number of aromatic nitrogens is 2. The first-order valence-electron chi connectivity index (χ1n) is 12.6. The summed E-state index contributed by atoms with van der Waals surface area (Å²) in [5.41, 5.74) is 1.37. The molecule has 0 unspecified atom stereocenters. The molecular weight excluding hydrogens is 514 g/mol. The molecule has 0 saturated heterocycles. The van der Waals surface area contributed by atoms with Gasteiger partial charge in [0.25, 0.3) is 5.56 Å². The van der Waals surface area contributed by atoms with Gasteiger partial charge in [0, 0.05) is 0 Å². The van der Waals surface area contributed by atoms with Gasteiger partial charge in [-0.05, 0) is 67.9 Å². The first-order chi connectivity index (χ1) is 19.4. The number of carbonyl (C=O) groups excluding carboxylic acids is 1. The molecule has 10 heteroatoms. The maximum atomic E-state index is 13.6. The number of fused-ring (bicyclic) bond motifs is 2. The molecule has 5 aromatic rings. The summed E-state index contributed by atoms with van der Waals surface area (Å²) in [5, 5.41) is 5.66. The Balaban J connectivity index is 1.59. The molecule has 0 N–H and O–H groups in total. The highest BCUT2D eigenvalue weighted by atomic mass is 16.6. The van der Waals surface area contributed by atoms with E-state index in [4.69, 9.17) is 28.3 Å². The number of methoxy groups -OCH3 is 2. The summed E-state index contributed by atoms with van der Waals surface area (Å²) in [6.45, 7) is 3.80. The van der Waals surface area contributed by atoms with E-state index in [2.05, 4.69) is 5.10 Å². The lowest BCUT2D eigenvalue weighted by Gasteiger charge is -2.16. The molecule has 2 heterocycles. The van der Waals surface area contributed by atoms with Gasteiger partial charge >= 0.3 is 5.97 Å². The van der Waals surface area contributed by atoms with E-state index < -0.39 is 12.1 Å². The number of ether oxygens (including phenoxy) is 4. The highest BCUT2D eigenvalue weighted by Gasteiger charge is 2.19. The monoisotopic (exact) mass is 541 g/mol. The Labute approximate surface area is 229 Å². The van der Waals surface area contributed by atoms with E-state index in [1.807, 2.05) is 31.2 Å². The smallest absolute Gasteiger partial charge is 0.346 e. The molecule has 204 valence electrons. The molecular formula is C30H27N3O7. The minimum atomic E-state index is -0.823. The van der Waals surface area contributed by atoms with Crippen LogP contribution in [0.15, 0.2) is 81.0 Å². The number of hydrogen-bond acceptors (Lipinski definition) is 9. The van der Waals surface area contributed by atoms with Crippen molar-refractivity contribution in [3.8, 4) is 28.8 Å². The zero-order chi connectivity index (χ0) is 28.2. The third-order valence-corrected chi connectivity index (χ3v) is 6.14. The Morgan fingerprint density at radius 1 is 1.02 bits per heavy atom. The maximum absolute atomic E-state index is 13.6. The maximum Gasteiger partial charge on any atom is 0.346 e. The molecule has 0 aliphatic rings. The molecule has 0 saturated carbocycles. The van der Waals surface area contributed by atoms with Crippen LogP contribution in [-0.4, -0.2) is 48.8 Å². The molecule has 3 aromatic carbocycles. The van der Waals surface area contributed by atoms with Crippen LogP contribution in [0.2, 0.25) is 0 Å². The second-order valence-corrected chi connectivity index (χ2v) is 8.72. The van der Waals surface area contributed by atoms with Crippen molar-refractivity contribution in [1.82, 2.24) is 9.66 Å². The number of hydrogen-bond donors (Lipinski definition) is 0. The molecule has 2 aromatic heterocycles. The molecule has 0 radical (unpaired) electrons. The number of benzene rings is 3. The van der Waals surface area contributed by atoms with E-state index in [0.29, 0.717) is 51.7 Å². The van der Waals surface area contributed by atoms with Crippen LogP contribution < -0.4 is 19.8 Å². The van der Waals surface area contributed by atoms with E-state index in [1.165, 1.54) is 18.0 Å². The predicted octanol–water partition coefficient (Wildman–Crippen LogP) is 5.04. The fraction of sp³-hybridized carbons (Fsp3) is 0.200. The molecule has 0 aliphatic carbocycles. The number of para-hydroxylation sites is 1. The standard InChI is InChI=1S/C30H27N3O7/c1-5-38-26-15-19(13-14-25(26)39-18(2)30(35)37-4)17-31-33-28(32-22-10-7-6-9-20(22)29(33)34)27-16-21-23(36-3)11-8-12-24(21)40-27/h6-18H,5H2,1-4H3/t18-/m0/s1. The first-order valence-corrected chi connectivity index (χ1v) is 12.6. The lowest BCUT2D eigenvalue weighted by Crippen LogP contribution is -2.25. The Morgan fingerprint density at radius 2 is 1.85 bits per heavy atom. The molecule has 1 atom stereocenters. The van der Waals surface area contributed by atoms with E-state index in [-0.39, 0.29) is 11.4 Å². The fourth-order valence-corrected chi connectivity index (χ4v) is 4.21. The average molecular weight is 542 g/mol. The number of rotatable bonds is 9. The van der Waals surface area contributed by atoms with Crippen LogP contribution in [-0.2, 0) is 9.53 Å². The average Bonchev–Trinajstić information content (AvgIpc) is 3.42. The zero-order valence-corrected chi connectivity index (χ0v) is 22.4. The summed E-state index contributed by atoms with van der Waals surface area (Å²) in [4.78, 5) is 30.1. The van der Waals surface area contributed by atoms with Crippen molar-refractivity contribution in [2.75, 3.05) is 20.8 Å². The van der Waals surface area contributed by atoms with Crippen LogP contribution in [0, 0.1) is 0 Å². The van der Waals surface area contributed by atoms with Gasteiger partial charge in [-0.25, -0.2) is 9.78 Å². The lowest BCUT2D eigenvalue weighted by atomic mass is 10.2. The van der Waals surface area contributed by atoms with Crippen molar-refractivity contribution in [3.63, 3.8) is 0 Å². The third kappa shape index (κ3) is 5.11. The summed E-state index contributed by atoms with van der Waals surface area (Å²) in [6, 6.07) is 19.4. The van der Waals surface area contributed by atoms with Gasteiger partial charge in [-0.2, -0.15) is 9.78 Å². The van der Waals surface area contributed by atoms with Gasteiger partial charge in [-0.15, -0.1) is 0 Å². The number of carbonyl (C=O) groups is 1. The largest absolute Gasteiger partial charge is 0.496 e. The van der Waals surface area contributed by atoms with Crippen LogP contribution in [0.25, 0.3) is 33.5 Å². The van der Waals surface area contributed by atoms with Crippen molar-refractivity contribution in [1.29, 1.82) is 0 Å². The van der Waals surface area contributed by atoms with Crippen LogP contribution >= 0.6 is 0 Å². The van der Waals surface area contributed by atoms with Crippen LogP contribution in [0.4, 0.5) is 0 Å². The van der Waals surface area contributed by atoms with E-state index >= 15 is 0 Å². The minimum Gasteiger partial charge on any atom is -0.496 e. The zero-order valence-electron chi connectivity index (χ0n) is 22.4. The van der Waals surface area contributed by atoms with Crippen molar-refractivity contribution in [3.05, 3.63) is 82.6 Å². The third-order valence-electron chi connectivity index (χ3n) is 6.14. The quantitative estimate of drug-likeness (QED) is 0.188. The van der Waals surface area contributed by atoms with Crippen molar-refractivity contribution in [2.24, 2.45) is 5.10 Å². The Bertz CT molecular complexity index is 1790. The predicted molar refractivity (Wildman–Crippen MR) is 150 cm³/mol. The molecule has 0 bridgehead atoms. The highest BCUT2D eigenvalue weighted by Crippen LogP contribution is 2.33. The number of nitrogens with zero attached hydrogens (tertiary/aromatic N) is 3. The van der Waals surface area contributed by atoms with Gasteiger partial charge in [0.2, 0.25) is 5.82 Å². The summed E-state index contributed by atoms with van der Waals surface area (Å²) in [7, 11) is 2.88. The van der Waals surface area contributed by atoms with E-state index in [9.17, 15) is 9.59 Å². The molecule has 5 rings (SSSR count). The molecule has 0 aliphatic heterocycles. The highest BCUT2D eigenvalue weighted by molar-refractivity contribution is 5.89.